The van der Waals surface area contributed by atoms with Crippen LogP contribution in [-0.4, -0.2) is 31.1 Å². The molecule has 0 aliphatic carbocycles. The first-order chi connectivity index (χ1) is 2.81. The van der Waals surface area contributed by atoms with E-state index in [0.29, 0.717) is 0 Å². The van der Waals surface area contributed by atoms with Crippen molar-refractivity contribution in [2.45, 2.75) is 0 Å². The smallest absolute Gasteiger partial charge is 0.118 e. The summed E-state index contributed by atoms with van der Waals surface area (Å²) in [6.45, 7) is -0.0590. The summed E-state index contributed by atoms with van der Waals surface area (Å²) in [5.74, 6) is 0. The van der Waals surface area contributed by atoms with E-state index in [1.54, 1.807) is 7.05 Å². The zero-order valence-corrected chi connectivity index (χ0v) is 4.01. The van der Waals surface area contributed by atoms with Crippen molar-refractivity contribution in [3.05, 3.63) is 0 Å². The maximum absolute atomic E-state index is 8.14. The molecule has 38 valence electrons. The Labute approximate surface area is 37.1 Å². The Kier molecular flexibility index (Phi) is 3.02. The van der Waals surface area contributed by atoms with E-state index in [1.807, 2.05) is 0 Å². The second-order valence-corrected chi connectivity index (χ2v) is 0.952. The molecule has 0 radical (unpaired) electrons. The third kappa shape index (κ3) is 2.14. The average Bonchev–Trinajstić information content (AvgIpc) is 1.65. The van der Waals surface area contributed by atoms with Crippen LogP contribution in [0.1, 0.15) is 0 Å². The number of hydrogen-bond acceptors (Lipinski definition) is 3. The van der Waals surface area contributed by atoms with Crippen molar-refractivity contribution in [1.82, 2.24) is 5.06 Å². The van der Waals surface area contributed by atoms with E-state index >= 15 is 0 Å². The lowest BCUT2D eigenvalue weighted by Crippen LogP contribution is -2.16. The molecule has 0 amide bonds. The topological polar surface area (TPSA) is 32.7 Å². The minimum atomic E-state index is -0.0590. The van der Waals surface area contributed by atoms with Gasteiger partial charge in [-0.3, -0.25) is 0 Å². The van der Waals surface area contributed by atoms with E-state index < -0.39 is 0 Å². The number of hydroxylamine groups is 2. The highest BCUT2D eigenvalue weighted by Crippen LogP contribution is 1.71. The minimum Gasteiger partial charge on any atom is -0.379 e. The monoisotopic (exact) mass is 91.1 g/mol. The molecule has 3 nitrogen and oxygen atoms in total. The largest absolute Gasteiger partial charge is 0.379 e. The molecule has 0 spiro atoms. The summed E-state index contributed by atoms with van der Waals surface area (Å²) in [6.07, 6.45) is 0. The molecule has 0 aliphatic heterocycles. The Balaban J connectivity index is 2.75. The highest BCUT2D eigenvalue weighted by molar-refractivity contribution is 4.06. The van der Waals surface area contributed by atoms with Gasteiger partial charge in [0.25, 0.3) is 0 Å². The molecule has 0 rings (SSSR count). The first-order valence-electron chi connectivity index (χ1n) is 1.67. The van der Waals surface area contributed by atoms with E-state index in [0.717, 1.165) is 0 Å². The van der Waals surface area contributed by atoms with Crippen molar-refractivity contribution < 1.29 is 9.94 Å². The fourth-order valence-corrected chi connectivity index (χ4v) is 0.0577. The molecule has 0 aromatic heterocycles. The lowest BCUT2D eigenvalue weighted by atomic mass is 11.1. The van der Waals surface area contributed by atoms with Crippen molar-refractivity contribution in [2.24, 2.45) is 0 Å². The third-order valence-corrected chi connectivity index (χ3v) is 0.511. The molecule has 0 bridgehead atoms. The van der Waals surface area contributed by atoms with Gasteiger partial charge in [-0.15, -0.1) is 0 Å². The quantitative estimate of drug-likeness (QED) is 0.365. The number of aliphatic hydroxyl groups excluding tert-OH is 1. The van der Waals surface area contributed by atoms with Gasteiger partial charge in [0.05, 0.1) is 7.11 Å². The van der Waals surface area contributed by atoms with E-state index in [2.05, 4.69) is 4.84 Å². The van der Waals surface area contributed by atoms with Crippen molar-refractivity contribution >= 4 is 0 Å². The zero-order chi connectivity index (χ0) is 4.99. The van der Waals surface area contributed by atoms with Crippen LogP contribution in [0.4, 0.5) is 0 Å². The van der Waals surface area contributed by atoms with Crippen LogP contribution in [0.15, 0.2) is 0 Å². The lowest BCUT2D eigenvalue weighted by Gasteiger charge is -2.06. The van der Waals surface area contributed by atoms with Gasteiger partial charge in [-0.1, -0.05) is 0 Å². The Morgan fingerprint density at radius 3 is 2.33 bits per heavy atom. The van der Waals surface area contributed by atoms with E-state index in [4.69, 9.17) is 5.11 Å². The van der Waals surface area contributed by atoms with Gasteiger partial charge < -0.3 is 9.94 Å². The summed E-state index contributed by atoms with van der Waals surface area (Å²) in [6, 6.07) is 0. The van der Waals surface area contributed by atoms with Gasteiger partial charge >= 0.3 is 0 Å². The summed E-state index contributed by atoms with van der Waals surface area (Å²) < 4.78 is 0. The summed E-state index contributed by atoms with van der Waals surface area (Å²) in [7, 11) is 3.14. The molecular weight excluding hydrogens is 82.0 g/mol. The molecule has 0 saturated heterocycles. The molecule has 0 aromatic rings. The van der Waals surface area contributed by atoms with Crippen LogP contribution in [0.2, 0.25) is 0 Å². The van der Waals surface area contributed by atoms with Crippen LogP contribution in [0, 0.1) is 0 Å². The van der Waals surface area contributed by atoms with Gasteiger partial charge in [0.1, 0.15) is 6.73 Å². The molecule has 0 aromatic carbocycles. The van der Waals surface area contributed by atoms with Crippen molar-refractivity contribution in [2.75, 3.05) is 20.9 Å². The van der Waals surface area contributed by atoms with Crippen LogP contribution in [0.25, 0.3) is 0 Å². The predicted molar refractivity (Wildman–Crippen MR) is 21.9 cm³/mol. The highest BCUT2D eigenvalue weighted by Gasteiger charge is 1.83. The number of nitrogens with zero attached hydrogens (tertiary/aromatic N) is 1. The molecular formula is C3H9NO2. The number of hydrogen-bond donors (Lipinski definition) is 1. The van der Waals surface area contributed by atoms with E-state index in [-0.39, 0.29) is 6.73 Å². The van der Waals surface area contributed by atoms with Gasteiger partial charge in [0.2, 0.25) is 0 Å². The molecule has 1 N–H and O–H groups in total. The lowest BCUT2D eigenvalue weighted by molar-refractivity contribution is -0.153. The van der Waals surface area contributed by atoms with Gasteiger partial charge in [-0.2, -0.15) is 5.06 Å². The molecule has 0 saturated carbocycles. The van der Waals surface area contributed by atoms with Crippen molar-refractivity contribution in [1.29, 1.82) is 0 Å². The molecule has 0 heterocycles. The maximum Gasteiger partial charge on any atom is 0.118 e. The number of aliphatic hydroxyl groups is 1. The van der Waals surface area contributed by atoms with E-state index in [1.165, 1.54) is 12.2 Å². The van der Waals surface area contributed by atoms with Gasteiger partial charge in [-0.25, -0.2) is 0 Å². The Morgan fingerprint density at radius 2 is 2.33 bits per heavy atom. The SMILES string of the molecule is CON(C)CO. The predicted octanol–water partition coefficient (Wildman–Crippen LogP) is -0.571. The normalized spacial score (nSPS) is 10.0. The fourth-order valence-electron chi connectivity index (χ4n) is 0.0577. The van der Waals surface area contributed by atoms with Crippen LogP contribution in [0.3, 0.4) is 0 Å². The Bertz CT molecular complexity index is 28.0. The third-order valence-electron chi connectivity index (χ3n) is 0.511. The number of rotatable bonds is 2. The maximum atomic E-state index is 8.14. The first kappa shape index (κ1) is 5.88. The average molecular weight is 91.1 g/mol. The Morgan fingerprint density at radius 1 is 1.83 bits per heavy atom. The van der Waals surface area contributed by atoms with Crippen LogP contribution < -0.4 is 0 Å². The summed E-state index contributed by atoms with van der Waals surface area (Å²) in [5, 5.41) is 9.44. The van der Waals surface area contributed by atoms with Gasteiger partial charge in [0.15, 0.2) is 0 Å². The molecule has 0 atom stereocenters. The molecule has 6 heavy (non-hydrogen) atoms. The zero-order valence-electron chi connectivity index (χ0n) is 4.01. The molecule has 0 fully saturated rings. The highest BCUT2D eigenvalue weighted by atomic mass is 16.7. The van der Waals surface area contributed by atoms with Crippen molar-refractivity contribution in [3.8, 4) is 0 Å². The minimum absolute atomic E-state index is 0.0590. The van der Waals surface area contributed by atoms with Gasteiger partial charge in [-0.05, 0) is 0 Å². The summed E-state index contributed by atoms with van der Waals surface area (Å²) in [4.78, 5) is 4.48. The second kappa shape index (κ2) is 3.08. The summed E-state index contributed by atoms with van der Waals surface area (Å²) >= 11 is 0. The summed E-state index contributed by atoms with van der Waals surface area (Å²) in [5.41, 5.74) is 0. The van der Waals surface area contributed by atoms with E-state index in [9.17, 15) is 0 Å². The van der Waals surface area contributed by atoms with Crippen LogP contribution in [-0.2, 0) is 4.84 Å². The standard InChI is InChI=1S/C3H9NO2/c1-4(3-5)6-2/h5H,3H2,1-2H3. The van der Waals surface area contributed by atoms with Crippen LogP contribution >= 0.6 is 0 Å². The molecule has 0 aliphatic rings. The molecule has 3 heteroatoms. The first-order valence-corrected chi connectivity index (χ1v) is 1.67. The molecule has 0 unspecified atom stereocenters. The second-order valence-electron chi connectivity index (χ2n) is 0.952. The van der Waals surface area contributed by atoms with Gasteiger partial charge in [0, 0.05) is 7.05 Å². The Hall–Kier alpha value is -0.120. The van der Waals surface area contributed by atoms with Crippen molar-refractivity contribution in [3.63, 3.8) is 0 Å². The van der Waals surface area contributed by atoms with Crippen LogP contribution in [0.5, 0.6) is 0 Å². The fraction of sp³-hybridized carbons (Fsp3) is 1.00.